The van der Waals surface area contributed by atoms with Crippen molar-refractivity contribution in [2.75, 3.05) is 0 Å². The second-order valence-electron chi connectivity index (χ2n) is 5.06. The van der Waals surface area contributed by atoms with Gasteiger partial charge in [0.2, 0.25) is 5.71 Å². The molecule has 0 aliphatic carbocycles. The summed E-state index contributed by atoms with van der Waals surface area (Å²) in [5.41, 5.74) is 0.643. The van der Waals surface area contributed by atoms with Gasteiger partial charge in [-0.15, -0.1) is 0 Å². The molecular weight excluding hydrogens is 182 g/mol. The lowest BCUT2D eigenvalue weighted by atomic mass is 10.2. The van der Waals surface area contributed by atoms with Crippen LogP contribution in [0.15, 0.2) is 0 Å². The zero-order valence-electron chi connectivity index (χ0n) is 9.76. The Balaban J connectivity index is 4.63. The van der Waals surface area contributed by atoms with Gasteiger partial charge in [0.25, 0.3) is 0 Å². The second kappa shape index (κ2) is 3.70. The van der Waals surface area contributed by atoms with E-state index in [1.54, 1.807) is 13.8 Å². The predicted molar refractivity (Wildman–Crippen MR) is 58.3 cm³/mol. The Morgan fingerprint density at radius 1 is 1.23 bits per heavy atom. The highest BCUT2D eigenvalue weighted by Gasteiger charge is 2.36. The zero-order valence-corrected chi connectivity index (χ0v) is 10.8. The van der Waals surface area contributed by atoms with E-state index in [4.69, 9.17) is 4.53 Å². The molecule has 13 heavy (non-hydrogen) atoms. The smallest absolute Gasteiger partial charge is 0.215 e. The molecule has 0 saturated carbocycles. The van der Waals surface area contributed by atoms with Crippen LogP contribution in [0.4, 0.5) is 0 Å². The Hall–Kier alpha value is -0.513. The van der Waals surface area contributed by atoms with Crippen molar-refractivity contribution in [3.05, 3.63) is 5.21 Å². The van der Waals surface area contributed by atoms with Gasteiger partial charge in [-0.25, -0.2) is 0 Å². The summed E-state index contributed by atoms with van der Waals surface area (Å²) in [6.45, 7) is 13.9. The highest BCUT2D eigenvalue weighted by molar-refractivity contribution is 6.73. The van der Waals surface area contributed by atoms with E-state index in [0.29, 0.717) is 10.6 Å². The van der Waals surface area contributed by atoms with Crippen molar-refractivity contribution in [1.29, 1.82) is 0 Å². The van der Waals surface area contributed by atoms with Crippen LogP contribution < -0.4 is 0 Å². The minimum atomic E-state index is -1.94. The van der Waals surface area contributed by atoms with E-state index in [0.717, 1.165) is 0 Å². The van der Waals surface area contributed by atoms with Gasteiger partial charge < -0.3 is 4.53 Å². The lowest BCUT2D eigenvalue weighted by molar-refractivity contribution is -0.705. The average Bonchev–Trinajstić information content (AvgIpc) is 1.83. The maximum Gasteiger partial charge on any atom is 0.215 e. The lowest BCUT2D eigenvalue weighted by Crippen LogP contribution is -2.43. The first-order valence-corrected chi connectivity index (χ1v) is 7.45. The van der Waals surface area contributed by atoms with Crippen LogP contribution in [0.5, 0.6) is 0 Å². The molecule has 0 atom stereocenters. The Morgan fingerprint density at radius 2 is 1.62 bits per heavy atom. The van der Waals surface area contributed by atoms with E-state index >= 15 is 0 Å². The molecular formula is C9H21NO2Si. The fraction of sp³-hybridized carbons (Fsp3) is 0.889. The highest BCUT2D eigenvalue weighted by atomic mass is 28.4. The van der Waals surface area contributed by atoms with Crippen molar-refractivity contribution < 1.29 is 9.43 Å². The van der Waals surface area contributed by atoms with Crippen molar-refractivity contribution >= 4 is 14.0 Å². The van der Waals surface area contributed by atoms with Crippen LogP contribution in [0.3, 0.4) is 0 Å². The highest BCUT2D eigenvalue weighted by Crippen LogP contribution is 2.36. The van der Waals surface area contributed by atoms with E-state index in [2.05, 4.69) is 33.9 Å². The third-order valence-corrected chi connectivity index (χ3v) is 6.72. The van der Waals surface area contributed by atoms with Crippen LogP contribution in [0.2, 0.25) is 18.1 Å². The summed E-state index contributed by atoms with van der Waals surface area (Å²) in [5.74, 6) is 0. The van der Waals surface area contributed by atoms with Gasteiger partial charge >= 0.3 is 0 Å². The molecule has 0 aliphatic rings. The van der Waals surface area contributed by atoms with E-state index in [1.807, 2.05) is 0 Å². The minimum absolute atomic E-state index is 0.0745. The quantitative estimate of drug-likeness (QED) is 0.299. The van der Waals surface area contributed by atoms with E-state index in [-0.39, 0.29) is 5.04 Å². The molecule has 0 aromatic rings. The Morgan fingerprint density at radius 3 is 1.85 bits per heavy atom. The summed E-state index contributed by atoms with van der Waals surface area (Å²) in [7, 11) is -1.94. The molecule has 0 unspecified atom stereocenters. The number of hydrogen-bond acceptors (Lipinski definition) is 2. The first-order valence-electron chi connectivity index (χ1n) is 4.54. The van der Waals surface area contributed by atoms with Gasteiger partial charge in [0.05, 0.1) is 0 Å². The fourth-order valence-corrected chi connectivity index (χ4v) is 1.31. The molecule has 0 saturated heterocycles. The largest absolute Gasteiger partial charge is 0.443 e. The van der Waals surface area contributed by atoms with Crippen molar-refractivity contribution in [2.45, 2.75) is 52.8 Å². The van der Waals surface area contributed by atoms with Crippen LogP contribution in [0, 0.1) is 5.21 Å². The average molecular weight is 203 g/mol. The first kappa shape index (κ1) is 12.5. The molecule has 0 radical (unpaired) electrons. The molecule has 78 valence electrons. The zero-order chi connectivity index (χ0) is 10.9. The fourth-order valence-electron chi connectivity index (χ4n) is 0.435. The standard InChI is InChI=1S/C9H21NO2Si/c1-8(2)10(11)12-13(6,7)9(3,4)5/h1-7H3. The van der Waals surface area contributed by atoms with Crippen LogP contribution in [0.1, 0.15) is 34.6 Å². The van der Waals surface area contributed by atoms with Crippen molar-refractivity contribution in [3.63, 3.8) is 0 Å². The molecule has 0 aromatic carbocycles. The minimum Gasteiger partial charge on any atom is -0.443 e. The number of hydrogen-bond donors (Lipinski definition) is 0. The molecule has 0 fully saturated rings. The molecule has 0 heterocycles. The van der Waals surface area contributed by atoms with Crippen molar-refractivity contribution in [3.8, 4) is 0 Å². The van der Waals surface area contributed by atoms with E-state index in [9.17, 15) is 5.21 Å². The van der Waals surface area contributed by atoms with Gasteiger partial charge in [-0.2, -0.15) is 0 Å². The molecule has 0 N–H and O–H groups in total. The summed E-state index contributed by atoms with van der Waals surface area (Å²) in [5, 5.41) is 11.4. The van der Waals surface area contributed by atoms with Gasteiger partial charge in [-0.3, -0.25) is 5.21 Å². The summed E-state index contributed by atoms with van der Waals surface area (Å²) in [4.78, 5) is 0.650. The van der Waals surface area contributed by atoms with E-state index in [1.165, 1.54) is 0 Å². The lowest BCUT2D eigenvalue weighted by Gasteiger charge is -2.37. The third-order valence-electron chi connectivity index (χ3n) is 2.48. The van der Waals surface area contributed by atoms with Crippen molar-refractivity contribution in [1.82, 2.24) is 0 Å². The maximum absolute atomic E-state index is 11.3. The number of nitrogens with zero attached hydrogens (tertiary/aromatic N) is 1. The molecule has 0 bridgehead atoms. The SMILES string of the molecule is CC(C)=[N+]([O-])O[Si](C)(C)C(C)(C)C. The monoisotopic (exact) mass is 203 g/mol. The maximum atomic E-state index is 11.3. The van der Waals surface area contributed by atoms with Gasteiger partial charge in [0, 0.05) is 18.7 Å². The van der Waals surface area contributed by atoms with Gasteiger partial charge in [0.15, 0.2) is 8.32 Å². The van der Waals surface area contributed by atoms with Crippen molar-refractivity contribution in [2.24, 2.45) is 0 Å². The summed E-state index contributed by atoms with van der Waals surface area (Å²) in [6, 6.07) is 0. The molecule has 0 aromatic heterocycles. The van der Waals surface area contributed by atoms with E-state index < -0.39 is 8.32 Å². The topological polar surface area (TPSA) is 35.3 Å². The molecule has 0 spiro atoms. The van der Waals surface area contributed by atoms with Crippen LogP contribution in [-0.2, 0) is 4.53 Å². The van der Waals surface area contributed by atoms with Crippen LogP contribution in [0.25, 0.3) is 0 Å². The summed E-state index contributed by atoms with van der Waals surface area (Å²) in [6.07, 6.45) is 0. The van der Waals surface area contributed by atoms with Gasteiger partial charge in [-0.05, 0) is 5.04 Å². The molecule has 3 nitrogen and oxygen atoms in total. The van der Waals surface area contributed by atoms with Crippen LogP contribution in [-0.4, -0.2) is 18.9 Å². The normalized spacial score (nSPS) is 12.5. The predicted octanol–water partition coefficient (Wildman–Crippen LogP) is 2.91. The van der Waals surface area contributed by atoms with Crippen LogP contribution >= 0.6 is 0 Å². The first-order chi connectivity index (χ1) is 5.58. The number of rotatable bonds is 2. The third kappa shape index (κ3) is 3.38. The Labute approximate surface area is 82.1 Å². The Kier molecular flexibility index (Phi) is 3.55. The van der Waals surface area contributed by atoms with Gasteiger partial charge in [0.1, 0.15) is 0 Å². The molecule has 0 rings (SSSR count). The molecule has 0 aliphatic heterocycles. The van der Waals surface area contributed by atoms with Gasteiger partial charge in [-0.1, -0.05) is 33.9 Å². The second-order valence-corrected chi connectivity index (χ2v) is 9.76. The summed E-state index contributed by atoms with van der Waals surface area (Å²) >= 11 is 0. The Bertz CT molecular complexity index is 212. The summed E-state index contributed by atoms with van der Waals surface area (Å²) < 4.78 is 5.44. The molecule has 4 heteroatoms. The molecule has 0 amide bonds.